The molecule has 0 spiro atoms. The van der Waals surface area contributed by atoms with Crippen LogP contribution < -0.4 is 11.1 Å². The first-order valence-corrected chi connectivity index (χ1v) is 4.89. The molecule has 76 valence electrons. The molecule has 0 aliphatic carbocycles. The van der Waals surface area contributed by atoms with Crippen molar-refractivity contribution < 1.29 is 0 Å². The van der Waals surface area contributed by atoms with Crippen molar-refractivity contribution in [1.82, 2.24) is 5.32 Å². The van der Waals surface area contributed by atoms with Gasteiger partial charge >= 0.3 is 0 Å². The normalized spacial score (nSPS) is 11.4. The van der Waals surface area contributed by atoms with Crippen LogP contribution in [0.4, 0.5) is 0 Å². The summed E-state index contributed by atoms with van der Waals surface area (Å²) in [7, 11) is 0. The Hall–Kier alpha value is -1.22. The van der Waals surface area contributed by atoms with Gasteiger partial charge in [-0.25, -0.2) is 4.99 Å². The minimum Gasteiger partial charge on any atom is -0.370 e. The van der Waals surface area contributed by atoms with Crippen LogP contribution in [-0.4, -0.2) is 12.5 Å². The van der Waals surface area contributed by atoms with Crippen LogP contribution in [0.3, 0.4) is 0 Å². The molecule has 1 aromatic carbocycles. The number of halogens is 1. The average molecular weight is 212 g/mol. The summed E-state index contributed by atoms with van der Waals surface area (Å²) < 4.78 is 0. The summed E-state index contributed by atoms with van der Waals surface area (Å²) in [6, 6.07) is 7.60. The summed E-state index contributed by atoms with van der Waals surface area (Å²) >= 11 is 5.95. The van der Waals surface area contributed by atoms with Crippen molar-refractivity contribution in [2.75, 3.05) is 6.54 Å². The molecule has 0 bridgehead atoms. The van der Waals surface area contributed by atoms with Crippen molar-refractivity contribution in [2.45, 2.75) is 13.5 Å². The smallest absolute Gasteiger partial charge is 0.188 e. The van der Waals surface area contributed by atoms with Gasteiger partial charge in [-0.3, -0.25) is 0 Å². The molecule has 0 fully saturated rings. The number of nitrogens with one attached hydrogen (secondary N) is 1. The predicted octanol–water partition coefficient (Wildman–Crippen LogP) is 1.76. The lowest BCUT2D eigenvalue weighted by Gasteiger charge is -2.03. The van der Waals surface area contributed by atoms with Crippen molar-refractivity contribution in [3.63, 3.8) is 0 Å². The second-order valence-corrected chi connectivity index (χ2v) is 3.23. The van der Waals surface area contributed by atoms with E-state index < -0.39 is 0 Å². The zero-order valence-corrected chi connectivity index (χ0v) is 8.88. The van der Waals surface area contributed by atoms with E-state index in [0.29, 0.717) is 12.5 Å². The number of benzene rings is 1. The first-order valence-electron chi connectivity index (χ1n) is 4.51. The van der Waals surface area contributed by atoms with Crippen LogP contribution in [0.1, 0.15) is 12.5 Å². The third kappa shape index (κ3) is 3.26. The van der Waals surface area contributed by atoms with Gasteiger partial charge in [0.15, 0.2) is 5.96 Å². The van der Waals surface area contributed by atoms with Gasteiger partial charge in [-0.2, -0.15) is 0 Å². The Morgan fingerprint density at radius 2 is 2.21 bits per heavy atom. The fourth-order valence-corrected chi connectivity index (χ4v) is 1.23. The molecule has 3 nitrogen and oxygen atoms in total. The maximum absolute atomic E-state index is 5.95. The molecule has 1 aromatic rings. The van der Waals surface area contributed by atoms with Gasteiger partial charge in [-0.1, -0.05) is 29.8 Å². The standard InChI is InChI=1S/C10H14ClN3/c1-2-13-10(12)14-7-8-5-3-4-6-9(8)11/h3-6H,2,7H2,1H3,(H3,12,13,14). The summed E-state index contributed by atoms with van der Waals surface area (Å²) in [5.74, 6) is 0.451. The van der Waals surface area contributed by atoms with Crippen LogP contribution in [0.15, 0.2) is 29.3 Å². The molecule has 0 aliphatic rings. The van der Waals surface area contributed by atoms with Crippen molar-refractivity contribution in [1.29, 1.82) is 0 Å². The largest absolute Gasteiger partial charge is 0.370 e. The van der Waals surface area contributed by atoms with Gasteiger partial charge in [0.05, 0.1) is 6.54 Å². The average Bonchev–Trinajstić information content (AvgIpc) is 2.17. The van der Waals surface area contributed by atoms with Crippen LogP contribution >= 0.6 is 11.6 Å². The van der Waals surface area contributed by atoms with E-state index in [-0.39, 0.29) is 0 Å². The molecule has 3 N–H and O–H groups in total. The van der Waals surface area contributed by atoms with Crippen molar-refractivity contribution in [2.24, 2.45) is 10.7 Å². The van der Waals surface area contributed by atoms with E-state index in [9.17, 15) is 0 Å². The Balaban J connectivity index is 2.61. The van der Waals surface area contributed by atoms with E-state index in [4.69, 9.17) is 17.3 Å². The lowest BCUT2D eigenvalue weighted by molar-refractivity contribution is 0.925. The second kappa shape index (κ2) is 5.50. The van der Waals surface area contributed by atoms with Gasteiger partial charge in [-0.15, -0.1) is 0 Å². The third-order valence-corrected chi connectivity index (χ3v) is 2.10. The fourth-order valence-electron chi connectivity index (χ4n) is 1.03. The molecular weight excluding hydrogens is 198 g/mol. The maximum atomic E-state index is 5.95. The Morgan fingerprint density at radius 1 is 1.50 bits per heavy atom. The molecule has 0 atom stereocenters. The Morgan fingerprint density at radius 3 is 2.86 bits per heavy atom. The van der Waals surface area contributed by atoms with Crippen molar-refractivity contribution in [3.8, 4) is 0 Å². The number of rotatable bonds is 3. The zero-order valence-electron chi connectivity index (χ0n) is 8.13. The minimum atomic E-state index is 0.451. The second-order valence-electron chi connectivity index (χ2n) is 2.82. The first-order chi connectivity index (χ1) is 6.74. The van der Waals surface area contributed by atoms with E-state index in [1.165, 1.54) is 0 Å². The number of hydrogen-bond donors (Lipinski definition) is 2. The van der Waals surface area contributed by atoms with E-state index in [1.807, 2.05) is 31.2 Å². The number of nitrogens with zero attached hydrogens (tertiary/aromatic N) is 1. The number of guanidine groups is 1. The molecule has 1 rings (SSSR count). The molecule has 4 heteroatoms. The van der Waals surface area contributed by atoms with Crippen molar-refractivity contribution in [3.05, 3.63) is 34.9 Å². The molecule has 0 saturated carbocycles. The van der Waals surface area contributed by atoms with E-state index in [1.54, 1.807) is 0 Å². The monoisotopic (exact) mass is 211 g/mol. The van der Waals surface area contributed by atoms with E-state index in [0.717, 1.165) is 17.1 Å². The van der Waals surface area contributed by atoms with Crippen LogP contribution in [0.25, 0.3) is 0 Å². The quantitative estimate of drug-likeness (QED) is 0.592. The highest BCUT2D eigenvalue weighted by molar-refractivity contribution is 6.31. The van der Waals surface area contributed by atoms with Crippen LogP contribution in [0.5, 0.6) is 0 Å². The number of hydrogen-bond acceptors (Lipinski definition) is 1. The van der Waals surface area contributed by atoms with E-state index in [2.05, 4.69) is 10.3 Å². The predicted molar refractivity (Wildman–Crippen MR) is 60.5 cm³/mol. The summed E-state index contributed by atoms with van der Waals surface area (Å²) in [5.41, 5.74) is 6.56. The summed E-state index contributed by atoms with van der Waals surface area (Å²) in [6.07, 6.45) is 0. The third-order valence-electron chi connectivity index (χ3n) is 1.74. The highest BCUT2D eigenvalue weighted by atomic mass is 35.5. The maximum Gasteiger partial charge on any atom is 0.188 e. The Kier molecular flexibility index (Phi) is 4.26. The number of aliphatic imine (C=N–C) groups is 1. The highest BCUT2D eigenvalue weighted by Gasteiger charge is 1.97. The number of nitrogens with two attached hydrogens (primary N) is 1. The molecule has 0 amide bonds. The van der Waals surface area contributed by atoms with Gasteiger partial charge in [0.25, 0.3) is 0 Å². The topological polar surface area (TPSA) is 50.4 Å². The summed E-state index contributed by atoms with van der Waals surface area (Å²) in [5, 5.41) is 3.64. The van der Waals surface area contributed by atoms with Crippen LogP contribution in [0, 0.1) is 0 Å². The van der Waals surface area contributed by atoms with Crippen molar-refractivity contribution >= 4 is 17.6 Å². The molecule has 0 radical (unpaired) electrons. The molecular formula is C10H14ClN3. The zero-order chi connectivity index (χ0) is 10.4. The van der Waals surface area contributed by atoms with Gasteiger partial charge in [0.2, 0.25) is 0 Å². The summed E-state index contributed by atoms with van der Waals surface area (Å²) in [4.78, 5) is 4.14. The van der Waals surface area contributed by atoms with E-state index >= 15 is 0 Å². The molecule has 0 aromatic heterocycles. The van der Waals surface area contributed by atoms with Crippen LogP contribution in [0.2, 0.25) is 5.02 Å². The highest BCUT2D eigenvalue weighted by Crippen LogP contribution is 2.15. The van der Waals surface area contributed by atoms with Gasteiger partial charge in [0, 0.05) is 11.6 Å². The molecule has 0 heterocycles. The van der Waals surface area contributed by atoms with Gasteiger partial charge in [0.1, 0.15) is 0 Å². The lowest BCUT2D eigenvalue weighted by atomic mass is 10.2. The lowest BCUT2D eigenvalue weighted by Crippen LogP contribution is -2.31. The molecule has 14 heavy (non-hydrogen) atoms. The van der Waals surface area contributed by atoms with Gasteiger partial charge in [-0.05, 0) is 18.6 Å². The molecule has 0 saturated heterocycles. The SMILES string of the molecule is CCNC(N)=NCc1ccccc1Cl. The summed E-state index contributed by atoms with van der Waals surface area (Å²) in [6.45, 7) is 3.26. The Labute approximate surface area is 89.0 Å². The van der Waals surface area contributed by atoms with Crippen LogP contribution in [-0.2, 0) is 6.54 Å². The fraction of sp³-hybridized carbons (Fsp3) is 0.300. The first kappa shape index (κ1) is 10.9. The van der Waals surface area contributed by atoms with Gasteiger partial charge < -0.3 is 11.1 Å². The minimum absolute atomic E-state index is 0.451. The molecule has 0 unspecified atom stereocenters. The Bertz CT molecular complexity index is 323. The molecule has 0 aliphatic heterocycles.